The molecule has 0 aliphatic carbocycles. The molecule has 6 heteroatoms. The van der Waals surface area contributed by atoms with Crippen molar-refractivity contribution in [3.05, 3.63) is 52.9 Å². The van der Waals surface area contributed by atoms with Gasteiger partial charge in [-0.1, -0.05) is 18.2 Å². The number of carboxylic acid groups (broad SMARTS) is 1. The molecule has 1 aliphatic heterocycles. The van der Waals surface area contributed by atoms with Crippen molar-refractivity contribution in [1.82, 2.24) is 0 Å². The fourth-order valence-corrected chi connectivity index (χ4v) is 2.52. The number of hydrogen-bond acceptors (Lipinski definition) is 3. The van der Waals surface area contributed by atoms with E-state index in [9.17, 15) is 14.7 Å². The molecule has 0 radical (unpaired) electrons. The van der Waals surface area contributed by atoms with E-state index >= 15 is 0 Å². The first-order valence-electron chi connectivity index (χ1n) is 5.97. The smallest absolute Gasteiger partial charge is 0.312 e. The minimum atomic E-state index is -0.953. The van der Waals surface area contributed by atoms with E-state index in [-0.39, 0.29) is 17.5 Å². The van der Waals surface area contributed by atoms with Crippen molar-refractivity contribution in [3.8, 4) is 0 Å². The number of benzene rings is 1. The first-order valence-corrected chi connectivity index (χ1v) is 6.34. The van der Waals surface area contributed by atoms with Crippen LogP contribution in [0, 0.1) is 0 Å². The molecule has 3 rings (SSSR count). The van der Waals surface area contributed by atoms with Gasteiger partial charge in [-0.15, -0.1) is 0 Å². The van der Waals surface area contributed by atoms with Crippen molar-refractivity contribution in [2.24, 2.45) is 0 Å². The molecule has 0 saturated carbocycles. The number of amides is 1. The summed E-state index contributed by atoms with van der Waals surface area (Å²) in [7, 11) is 0. The summed E-state index contributed by atoms with van der Waals surface area (Å²) >= 11 is 5.66. The molecule has 1 aliphatic rings. The van der Waals surface area contributed by atoms with Crippen LogP contribution in [-0.4, -0.2) is 23.5 Å². The van der Waals surface area contributed by atoms with Crippen molar-refractivity contribution < 1.29 is 19.1 Å². The number of aliphatic carboxylic acids is 1. The maximum atomic E-state index is 12.4. The molecule has 0 bridgehead atoms. The molecule has 1 unspecified atom stereocenters. The minimum absolute atomic E-state index is 0.0891. The average Bonchev–Trinajstić information content (AvgIpc) is 3.02. The minimum Gasteiger partial charge on any atom is -0.481 e. The van der Waals surface area contributed by atoms with E-state index in [1.165, 1.54) is 17.0 Å². The van der Waals surface area contributed by atoms with Crippen molar-refractivity contribution in [1.29, 1.82) is 0 Å². The van der Waals surface area contributed by atoms with Crippen LogP contribution in [-0.2, 0) is 4.79 Å². The van der Waals surface area contributed by atoms with E-state index in [1.807, 2.05) is 0 Å². The van der Waals surface area contributed by atoms with Gasteiger partial charge in [0, 0.05) is 12.2 Å². The Labute approximate surface area is 119 Å². The molecule has 2 heterocycles. The molecule has 1 aromatic carbocycles. The molecule has 102 valence electrons. The Kier molecular flexibility index (Phi) is 2.99. The summed E-state index contributed by atoms with van der Waals surface area (Å²) < 4.78 is 5.10. The summed E-state index contributed by atoms with van der Waals surface area (Å²) in [6, 6.07) is 9.91. The van der Waals surface area contributed by atoms with E-state index in [4.69, 9.17) is 16.0 Å². The lowest BCUT2D eigenvalue weighted by Crippen LogP contribution is -2.30. The molecule has 20 heavy (non-hydrogen) atoms. The molecule has 1 N–H and O–H groups in total. The number of carbonyl (C=O) groups is 2. The van der Waals surface area contributed by atoms with Crippen LogP contribution in [0.2, 0.25) is 5.22 Å². The Morgan fingerprint density at radius 3 is 2.65 bits per heavy atom. The second-order valence-corrected chi connectivity index (χ2v) is 4.84. The predicted molar refractivity (Wildman–Crippen MR) is 72.2 cm³/mol. The van der Waals surface area contributed by atoms with Gasteiger partial charge in [-0.25, -0.2) is 0 Å². The summed E-state index contributed by atoms with van der Waals surface area (Å²) in [6.45, 7) is 0.0891. The molecule has 1 amide bonds. The summed E-state index contributed by atoms with van der Waals surface area (Å²) in [5.41, 5.74) is 1.23. The summed E-state index contributed by atoms with van der Waals surface area (Å²) in [6.07, 6.45) is 0. The molecule has 0 saturated heterocycles. The first kappa shape index (κ1) is 12.7. The van der Waals surface area contributed by atoms with Crippen LogP contribution in [0.1, 0.15) is 22.0 Å². The quantitative estimate of drug-likeness (QED) is 0.923. The summed E-state index contributed by atoms with van der Waals surface area (Å²) in [5, 5.41) is 9.37. The maximum Gasteiger partial charge on any atom is 0.312 e. The molecule has 2 aromatic rings. The number of furan rings is 1. The molecule has 0 spiro atoms. The van der Waals surface area contributed by atoms with Gasteiger partial charge in [0.05, 0.1) is 0 Å². The fourth-order valence-electron chi connectivity index (χ4n) is 2.37. The lowest BCUT2D eigenvalue weighted by atomic mass is 10.0. The Hall–Kier alpha value is -2.27. The monoisotopic (exact) mass is 291 g/mol. The third-order valence-electron chi connectivity index (χ3n) is 3.30. The largest absolute Gasteiger partial charge is 0.481 e. The highest BCUT2D eigenvalue weighted by atomic mass is 35.5. The van der Waals surface area contributed by atoms with Crippen molar-refractivity contribution >= 4 is 29.2 Å². The third kappa shape index (κ3) is 1.96. The van der Waals surface area contributed by atoms with Crippen molar-refractivity contribution in [2.45, 2.75) is 5.92 Å². The number of halogens is 1. The van der Waals surface area contributed by atoms with Gasteiger partial charge in [-0.05, 0) is 35.4 Å². The zero-order valence-corrected chi connectivity index (χ0v) is 11.0. The normalized spacial score (nSPS) is 17.1. The topological polar surface area (TPSA) is 70.8 Å². The summed E-state index contributed by atoms with van der Waals surface area (Å²) in [4.78, 5) is 25.1. The standard InChI is InChI=1S/C14H10ClNO4/c15-12-6-5-11(20-12)13(17)16-7-9(14(18)19)8-3-1-2-4-10(8)16/h1-6,9H,7H2,(H,18,19). The fraction of sp³-hybridized carbons (Fsp3) is 0.143. The van der Waals surface area contributed by atoms with Crippen molar-refractivity contribution in [2.75, 3.05) is 11.4 Å². The van der Waals surface area contributed by atoms with E-state index in [1.54, 1.807) is 24.3 Å². The van der Waals surface area contributed by atoms with Crippen LogP contribution in [0.5, 0.6) is 0 Å². The molecule has 1 atom stereocenters. The van der Waals surface area contributed by atoms with E-state index in [0.717, 1.165) is 0 Å². The number of carboxylic acids is 1. The first-order chi connectivity index (χ1) is 9.58. The van der Waals surface area contributed by atoms with Gasteiger partial charge >= 0.3 is 5.97 Å². The van der Waals surface area contributed by atoms with Gasteiger partial charge < -0.3 is 14.4 Å². The van der Waals surface area contributed by atoms with Crippen LogP contribution in [0.25, 0.3) is 0 Å². The maximum absolute atomic E-state index is 12.4. The average molecular weight is 292 g/mol. The number of fused-ring (bicyclic) bond motifs is 1. The molecule has 5 nitrogen and oxygen atoms in total. The number of anilines is 1. The molecule has 0 fully saturated rings. The molecule has 1 aromatic heterocycles. The van der Waals surface area contributed by atoms with Crippen LogP contribution >= 0.6 is 11.6 Å². The second kappa shape index (κ2) is 4.68. The van der Waals surface area contributed by atoms with Gasteiger partial charge in [0.25, 0.3) is 5.91 Å². The van der Waals surface area contributed by atoms with Gasteiger partial charge in [0.15, 0.2) is 11.0 Å². The predicted octanol–water partition coefficient (Wildman–Crippen LogP) is 2.76. The zero-order valence-electron chi connectivity index (χ0n) is 10.2. The van der Waals surface area contributed by atoms with E-state index < -0.39 is 17.8 Å². The number of para-hydroxylation sites is 1. The second-order valence-electron chi connectivity index (χ2n) is 4.47. The Morgan fingerprint density at radius 1 is 1.25 bits per heavy atom. The Balaban J connectivity index is 2.00. The van der Waals surface area contributed by atoms with E-state index in [2.05, 4.69) is 0 Å². The van der Waals surface area contributed by atoms with Crippen molar-refractivity contribution in [3.63, 3.8) is 0 Å². The van der Waals surface area contributed by atoms with Gasteiger partial charge in [0.1, 0.15) is 5.92 Å². The molecular weight excluding hydrogens is 282 g/mol. The third-order valence-corrected chi connectivity index (χ3v) is 3.50. The van der Waals surface area contributed by atoms with Crippen LogP contribution in [0.3, 0.4) is 0 Å². The number of carbonyl (C=O) groups excluding carboxylic acids is 1. The van der Waals surface area contributed by atoms with Crippen LogP contribution in [0.15, 0.2) is 40.8 Å². The van der Waals surface area contributed by atoms with Gasteiger partial charge in [-0.2, -0.15) is 0 Å². The molecular formula is C14H10ClNO4. The lowest BCUT2D eigenvalue weighted by molar-refractivity contribution is -0.138. The van der Waals surface area contributed by atoms with Gasteiger partial charge in [-0.3, -0.25) is 9.59 Å². The number of hydrogen-bond donors (Lipinski definition) is 1. The Bertz CT molecular complexity index is 694. The number of rotatable bonds is 2. The van der Waals surface area contributed by atoms with E-state index in [0.29, 0.717) is 11.3 Å². The highest BCUT2D eigenvalue weighted by Gasteiger charge is 2.37. The highest BCUT2D eigenvalue weighted by molar-refractivity contribution is 6.29. The Morgan fingerprint density at radius 2 is 2.00 bits per heavy atom. The number of nitrogens with zero attached hydrogens (tertiary/aromatic N) is 1. The van der Waals surface area contributed by atoms with Crippen LogP contribution in [0.4, 0.5) is 5.69 Å². The zero-order chi connectivity index (χ0) is 14.3. The lowest BCUT2D eigenvalue weighted by Gasteiger charge is -2.15. The summed E-state index contributed by atoms with van der Waals surface area (Å²) in [5.74, 6) is -1.98. The van der Waals surface area contributed by atoms with Gasteiger partial charge in [0.2, 0.25) is 0 Å². The highest BCUT2D eigenvalue weighted by Crippen LogP contribution is 2.37. The van der Waals surface area contributed by atoms with Crippen LogP contribution < -0.4 is 4.90 Å². The SMILES string of the molecule is O=C(O)C1CN(C(=O)c2ccc(Cl)o2)c2ccccc21.